The second kappa shape index (κ2) is 10.3. The normalized spacial score (nSPS) is 17.1. The molecule has 3 heterocycles. The summed E-state index contributed by atoms with van der Waals surface area (Å²) in [5, 5.41) is 20.3. The number of anilines is 1. The van der Waals surface area contributed by atoms with E-state index in [9.17, 15) is 18.3 Å². The van der Waals surface area contributed by atoms with Crippen LogP contribution in [0.1, 0.15) is 24.1 Å². The maximum Gasteiger partial charge on any atom is 0.137 e. The van der Waals surface area contributed by atoms with Crippen LogP contribution in [0.25, 0.3) is 0 Å². The Kier molecular flexibility index (Phi) is 6.98. The highest BCUT2D eigenvalue weighted by atomic mass is 19.1. The van der Waals surface area contributed by atoms with Gasteiger partial charge in [0.05, 0.1) is 18.8 Å². The van der Waals surface area contributed by atoms with E-state index in [2.05, 4.69) is 25.0 Å². The summed E-state index contributed by atoms with van der Waals surface area (Å²) in [5.74, 6) is -1.82. The summed E-state index contributed by atoms with van der Waals surface area (Å²) in [4.78, 5) is 8.43. The van der Waals surface area contributed by atoms with Gasteiger partial charge in [-0.1, -0.05) is 6.07 Å². The fourth-order valence-electron chi connectivity index (χ4n) is 4.81. The van der Waals surface area contributed by atoms with Crippen LogP contribution in [-0.2, 0) is 18.7 Å². The Morgan fingerprint density at radius 2 is 1.70 bits per heavy atom. The van der Waals surface area contributed by atoms with Gasteiger partial charge in [-0.05, 0) is 37.3 Å². The molecule has 1 saturated heterocycles. The first-order valence-electron chi connectivity index (χ1n) is 12.1. The van der Waals surface area contributed by atoms with E-state index < -0.39 is 23.3 Å². The van der Waals surface area contributed by atoms with Crippen molar-refractivity contribution < 1.29 is 18.3 Å². The molecule has 8 nitrogen and oxygen atoms in total. The van der Waals surface area contributed by atoms with Gasteiger partial charge in [0.15, 0.2) is 0 Å². The zero-order chi connectivity index (χ0) is 26.0. The first-order chi connectivity index (χ1) is 17.8. The predicted octanol–water partition coefficient (Wildman–Crippen LogP) is 3.36. The molecule has 1 aliphatic rings. The molecule has 0 unspecified atom stereocenters. The Morgan fingerprint density at radius 3 is 2.38 bits per heavy atom. The number of hydrogen-bond acceptors (Lipinski definition) is 6. The van der Waals surface area contributed by atoms with E-state index in [0.717, 1.165) is 49.6 Å². The molecule has 0 radical (unpaired) electrons. The molecule has 0 aliphatic carbocycles. The van der Waals surface area contributed by atoms with Crippen LogP contribution in [0, 0.1) is 17.5 Å². The van der Waals surface area contributed by atoms with Crippen molar-refractivity contribution in [1.82, 2.24) is 29.4 Å². The Balaban J connectivity index is 1.30. The van der Waals surface area contributed by atoms with Crippen LogP contribution in [0.3, 0.4) is 0 Å². The zero-order valence-electron chi connectivity index (χ0n) is 20.4. The number of piperazine rings is 1. The molecule has 1 aliphatic heterocycles. The monoisotopic (exact) mass is 511 g/mol. The van der Waals surface area contributed by atoms with Crippen molar-refractivity contribution in [3.63, 3.8) is 0 Å². The van der Waals surface area contributed by atoms with Gasteiger partial charge in [0.1, 0.15) is 35.7 Å². The number of benzene rings is 2. The van der Waals surface area contributed by atoms with Crippen molar-refractivity contribution in [2.24, 2.45) is 0 Å². The fraction of sp³-hybridized carbons (Fsp3) is 0.346. The zero-order valence-corrected chi connectivity index (χ0v) is 20.4. The van der Waals surface area contributed by atoms with Crippen LogP contribution >= 0.6 is 0 Å². The van der Waals surface area contributed by atoms with Crippen LogP contribution in [0.5, 0.6) is 0 Å². The lowest BCUT2D eigenvalue weighted by molar-refractivity contribution is -0.0369. The minimum absolute atomic E-state index is 0.0501. The molecular weight excluding hydrogens is 483 g/mol. The maximum absolute atomic E-state index is 14.8. The molecule has 194 valence electrons. The van der Waals surface area contributed by atoms with Gasteiger partial charge >= 0.3 is 0 Å². The largest absolute Gasteiger partial charge is 0.381 e. The Bertz CT molecular complexity index is 1320. The SMILES string of the molecule is C[C@@H](n1cc(CN2CCN(c3ccc(F)cc3)CC2)cn1)[C@](O)(Cn1cncn1)c1ccc(F)cc1F. The van der Waals surface area contributed by atoms with Crippen LogP contribution in [0.4, 0.5) is 18.9 Å². The molecule has 4 aromatic rings. The summed E-state index contributed by atoms with van der Waals surface area (Å²) in [6, 6.07) is 8.95. The highest BCUT2D eigenvalue weighted by Crippen LogP contribution is 2.36. The van der Waals surface area contributed by atoms with Crippen LogP contribution in [0.15, 0.2) is 67.5 Å². The lowest BCUT2D eigenvalue weighted by atomic mass is 9.86. The van der Waals surface area contributed by atoms with Crippen molar-refractivity contribution in [2.75, 3.05) is 31.1 Å². The Labute approximate surface area is 212 Å². The minimum Gasteiger partial charge on any atom is -0.381 e. The second-order valence-electron chi connectivity index (χ2n) is 9.39. The predicted molar refractivity (Wildman–Crippen MR) is 131 cm³/mol. The van der Waals surface area contributed by atoms with Crippen molar-refractivity contribution in [1.29, 1.82) is 0 Å². The van der Waals surface area contributed by atoms with Gasteiger partial charge in [0, 0.05) is 61.8 Å². The van der Waals surface area contributed by atoms with E-state index in [4.69, 9.17) is 0 Å². The maximum atomic E-state index is 14.8. The van der Waals surface area contributed by atoms with Crippen LogP contribution in [0.2, 0.25) is 0 Å². The van der Waals surface area contributed by atoms with Gasteiger partial charge in [0.2, 0.25) is 0 Å². The molecule has 1 N–H and O–H groups in total. The van der Waals surface area contributed by atoms with E-state index in [-0.39, 0.29) is 17.9 Å². The van der Waals surface area contributed by atoms with Crippen molar-refractivity contribution >= 4 is 5.69 Å². The molecule has 5 rings (SSSR count). The average Bonchev–Trinajstić information content (AvgIpc) is 3.57. The van der Waals surface area contributed by atoms with Gasteiger partial charge in [-0.15, -0.1) is 0 Å². The Morgan fingerprint density at radius 1 is 0.973 bits per heavy atom. The molecule has 1 fully saturated rings. The average molecular weight is 512 g/mol. The lowest BCUT2D eigenvalue weighted by Gasteiger charge is -2.36. The third kappa shape index (κ3) is 5.37. The number of aromatic nitrogens is 5. The lowest BCUT2D eigenvalue weighted by Crippen LogP contribution is -2.45. The molecule has 0 saturated carbocycles. The quantitative estimate of drug-likeness (QED) is 0.391. The first-order valence-corrected chi connectivity index (χ1v) is 12.1. The number of nitrogens with zero attached hydrogens (tertiary/aromatic N) is 7. The molecule has 37 heavy (non-hydrogen) atoms. The molecule has 0 amide bonds. The molecule has 0 bridgehead atoms. The van der Waals surface area contributed by atoms with Crippen molar-refractivity contribution in [3.8, 4) is 0 Å². The number of halogens is 3. The summed E-state index contributed by atoms with van der Waals surface area (Å²) in [6.45, 7) is 5.59. The molecule has 11 heteroatoms. The molecule has 2 aromatic carbocycles. The molecule has 0 spiro atoms. The summed E-state index contributed by atoms with van der Waals surface area (Å²) in [5.41, 5.74) is 0.119. The summed E-state index contributed by atoms with van der Waals surface area (Å²) in [7, 11) is 0. The van der Waals surface area contributed by atoms with Gasteiger partial charge in [-0.3, -0.25) is 9.58 Å². The standard InChI is InChI=1S/C26H28F3N7O/c1-19(26(37,16-35-18-30-17-32-35)24-7-4-22(28)12-25(24)29)36-15-20(13-31-36)14-33-8-10-34(11-9-33)23-5-2-21(27)3-6-23/h2-7,12-13,15,17-19,37H,8-11,14,16H2,1H3/t19-,26-/m1/s1. The summed E-state index contributed by atoms with van der Waals surface area (Å²) < 4.78 is 44.7. The van der Waals surface area contributed by atoms with E-state index in [0.29, 0.717) is 6.54 Å². The van der Waals surface area contributed by atoms with Gasteiger partial charge in [-0.25, -0.2) is 22.8 Å². The fourth-order valence-corrected chi connectivity index (χ4v) is 4.81. The topological polar surface area (TPSA) is 75.2 Å². The molecular formula is C26H28F3N7O. The smallest absolute Gasteiger partial charge is 0.137 e. The van der Waals surface area contributed by atoms with Crippen LogP contribution < -0.4 is 4.90 Å². The van der Waals surface area contributed by atoms with Crippen LogP contribution in [-0.4, -0.2) is 60.7 Å². The second-order valence-corrected chi connectivity index (χ2v) is 9.39. The van der Waals surface area contributed by atoms with Gasteiger partial charge in [-0.2, -0.15) is 10.2 Å². The van der Waals surface area contributed by atoms with Crippen molar-refractivity contribution in [3.05, 3.63) is 96.1 Å². The van der Waals surface area contributed by atoms with Crippen molar-refractivity contribution in [2.45, 2.75) is 31.7 Å². The third-order valence-electron chi connectivity index (χ3n) is 6.98. The summed E-state index contributed by atoms with van der Waals surface area (Å²) >= 11 is 0. The number of hydrogen-bond donors (Lipinski definition) is 1. The Hall–Kier alpha value is -3.70. The minimum atomic E-state index is -1.78. The number of rotatable bonds is 8. The van der Waals surface area contributed by atoms with Gasteiger partial charge in [0.25, 0.3) is 0 Å². The molecule has 2 aromatic heterocycles. The van der Waals surface area contributed by atoms with E-state index in [1.165, 1.54) is 35.5 Å². The van der Waals surface area contributed by atoms with Gasteiger partial charge < -0.3 is 10.0 Å². The van der Waals surface area contributed by atoms with E-state index >= 15 is 0 Å². The number of aliphatic hydroxyl groups is 1. The first kappa shape index (κ1) is 25.0. The van der Waals surface area contributed by atoms with E-state index in [1.807, 2.05) is 6.20 Å². The van der Waals surface area contributed by atoms with E-state index in [1.54, 1.807) is 29.9 Å². The summed E-state index contributed by atoms with van der Waals surface area (Å²) in [6.07, 6.45) is 6.33. The molecule has 2 atom stereocenters. The highest BCUT2D eigenvalue weighted by Gasteiger charge is 2.40. The highest BCUT2D eigenvalue weighted by molar-refractivity contribution is 5.46. The third-order valence-corrected chi connectivity index (χ3v) is 6.98.